The molecule has 0 aliphatic carbocycles. The van der Waals surface area contributed by atoms with Gasteiger partial charge in [-0.25, -0.2) is 4.79 Å². The average molecular weight is 444 g/mol. The summed E-state index contributed by atoms with van der Waals surface area (Å²) in [5.74, 6) is -0.638. The summed E-state index contributed by atoms with van der Waals surface area (Å²) in [4.78, 5) is 29.7. The van der Waals surface area contributed by atoms with E-state index in [1.54, 1.807) is 24.3 Å². The number of amides is 1. The van der Waals surface area contributed by atoms with Crippen LogP contribution in [0, 0.1) is 6.92 Å². The Morgan fingerprint density at radius 3 is 2.21 bits per heavy atom. The van der Waals surface area contributed by atoms with E-state index < -0.39 is 5.97 Å². The number of aryl methyl sites for hydroxylation is 1. The van der Waals surface area contributed by atoms with Gasteiger partial charge in [0.15, 0.2) is 0 Å². The highest BCUT2D eigenvalue weighted by atomic mass is 16.5. The first-order valence-corrected chi connectivity index (χ1v) is 11.1. The molecule has 1 amide bonds. The smallest absolute Gasteiger partial charge is 0.337 e. The van der Waals surface area contributed by atoms with E-state index in [1.165, 1.54) is 12.7 Å². The maximum atomic E-state index is 12.9. The Labute approximate surface area is 194 Å². The molecule has 0 unspecified atom stereocenters. The van der Waals surface area contributed by atoms with Crippen LogP contribution >= 0.6 is 0 Å². The molecular weight excluding hydrogens is 414 g/mol. The van der Waals surface area contributed by atoms with Crippen molar-refractivity contribution in [1.82, 2.24) is 4.90 Å². The van der Waals surface area contributed by atoms with Gasteiger partial charge in [-0.15, -0.1) is 0 Å². The summed E-state index contributed by atoms with van der Waals surface area (Å²) in [5, 5.41) is 3.01. The van der Waals surface area contributed by atoms with Gasteiger partial charge in [0.25, 0.3) is 5.91 Å². The standard InChI is InChI=1S/C27H29N3O3/c1-20-8-10-22(11-9-20)26(31)28-24-18-23(27(32)33-2)12-13-25(24)30-16-14-29(15-17-30)19-21-6-4-3-5-7-21/h3-13,18H,14-17,19H2,1-2H3,(H,28,31). The van der Waals surface area contributed by atoms with Gasteiger partial charge in [-0.2, -0.15) is 0 Å². The summed E-state index contributed by atoms with van der Waals surface area (Å²) in [6.07, 6.45) is 0. The van der Waals surface area contributed by atoms with Crippen molar-refractivity contribution in [2.45, 2.75) is 13.5 Å². The number of carbonyl (C=O) groups excluding carboxylic acids is 2. The van der Waals surface area contributed by atoms with Crippen LogP contribution in [0.25, 0.3) is 0 Å². The molecule has 6 nitrogen and oxygen atoms in total. The Morgan fingerprint density at radius 2 is 1.55 bits per heavy atom. The third-order valence-corrected chi connectivity index (χ3v) is 5.94. The highest BCUT2D eigenvalue weighted by molar-refractivity contribution is 6.06. The molecule has 1 fully saturated rings. The number of rotatable bonds is 6. The second-order valence-corrected chi connectivity index (χ2v) is 8.29. The van der Waals surface area contributed by atoms with Crippen molar-refractivity contribution >= 4 is 23.3 Å². The summed E-state index contributed by atoms with van der Waals surface area (Å²) < 4.78 is 4.88. The predicted molar refractivity (Wildman–Crippen MR) is 131 cm³/mol. The van der Waals surface area contributed by atoms with Crippen LogP contribution in [0.5, 0.6) is 0 Å². The molecule has 0 atom stereocenters. The molecule has 6 heteroatoms. The van der Waals surface area contributed by atoms with Crippen molar-refractivity contribution in [2.75, 3.05) is 43.5 Å². The number of hydrogen-bond acceptors (Lipinski definition) is 5. The fraction of sp³-hybridized carbons (Fsp3) is 0.259. The Kier molecular flexibility index (Phi) is 7.05. The van der Waals surface area contributed by atoms with Gasteiger partial charge in [-0.3, -0.25) is 9.69 Å². The topological polar surface area (TPSA) is 61.9 Å². The number of piperazine rings is 1. The molecule has 0 spiro atoms. The van der Waals surface area contributed by atoms with E-state index in [1.807, 2.05) is 31.2 Å². The summed E-state index contributed by atoms with van der Waals surface area (Å²) >= 11 is 0. The van der Waals surface area contributed by atoms with E-state index in [9.17, 15) is 9.59 Å². The van der Waals surface area contributed by atoms with Crippen molar-refractivity contribution in [2.24, 2.45) is 0 Å². The molecule has 1 aliphatic rings. The van der Waals surface area contributed by atoms with E-state index in [0.29, 0.717) is 16.8 Å². The quantitative estimate of drug-likeness (QED) is 0.574. The number of carbonyl (C=O) groups is 2. The van der Waals surface area contributed by atoms with Crippen LogP contribution in [0.3, 0.4) is 0 Å². The van der Waals surface area contributed by atoms with Crippen LogP contribution < -0.4 is 10.2 Å². The Hall–Kier alpha value is -3.64. The lowest BCUT2D eigenvalue weighted by Crippen LogP contribution is -2.46. The number of hydrogen-bond donors (Lipinski definition) is 1. The Morgan fingerprint density at radius 1 is 0.879 bits per heavy atom. The summed E-state index contributed by atoms with van der Waals surface area (Å²) in [6.45, 7) is 6.40. The largest absolute Gasteiger partial charge is 0.465 e. The molecule has 1 heterocycles. The van der Waals surface area contributed by atoms with E-state index in [-0.39, 0.29) is 5.91 Å². The van der Waals surface area contributed by atoms with Gasteiger partial charge in [0.1, 0.15) is 0 Å². The van der Waals surface area contributed by atoms with E-state index in [2.05, 4.69) is 39.4 Å². The van der Waals surface area contributed by atoms with Gasteiger partial charge in [0.2, 0.25) is 0 Å². The predicted octanol–water partition coefficient (Wildman–Crippen LogP) is 4.36. The number of benzene rings is 3. The first-order valence-electron chi connectivity index (χ1n) is 11.1. The maximum absolute atomic E-state index is 12.9. The maximum Gasteiger partial charge on any atom is 0.337 e. The van der Waals surface area contributed by atoms with E-state index in [0.717, 1.165) is 44.0 Å². The molecule has 3 aromatic rings. The summed E-state index contributed by atoms with van der Waals surface area (Å²) in [7, 11) is 1.35. The highest BCUT2D eigenvalue weighted by Crippen LogP contribution is 2.29. The summed E-state index contributed by atoms with van der Waals surface area (Å²) in [6, 6.07) is 23.2. The minimum Gasteiger partial charge on any atom is -0.465 e. The molecule has 0 aromatic heterocycles. The number of esters is 1. The van der Waals surface area contributed by atoms with Crippen LogP contribution in [-0.4, -0.2) is 50.1 Å². The minimum atomic E-state index is -0.430. The monoisotopic (exact) mass is 443 g/mol. The van der Waals surface area contributed by atoms with Gasteiger partial charge >= 0.3 is 5.97 Å². The Bertz CT molecular complexity index is 1110. The zero-order chi connectivity index (χ0) is 23.2. The molecule has 170 valence electrons. The van der Waals surface area contributed by atoms with Gasteiger partial charge < -0.3 is 15.0 Å². The van der Waals surface area contributed by atoms with Crippen LogP contribution in [-0.2, 0) is 11.3 Å². The zero-order valence-electron chi connectivity index (χ0n) is 19.1. The number of nitrogens with zero attached hydrogens (tertiary/aromatic N) is 2. The first-order chi connectivity index (χ1) is 16.0. The van der Waals surface area contributed by atoms with Crippen molar-refractivity contribution in [3.05, 3.63) is 95.1 Å². The second-order valence-electron chi connectivity index (χ2n) is 8.29. The van der Waals surface area contributed by atoms with Gasteiger partial charge in [0.05, 0.1) is 24.0 Å². The van der Waals surface area contributed by atoms with Crippen molar-refractivity contribution < 1.29 is 14.3 Å². The van der Waals surface area contributed by atoms with Gasteiger partial charge in [0, 0.05) is 38.3 Å². The minimum absolute atomic E-state index is 0.207. The van der Waals surface area contributed by atoms with Crippen molar-refractivity contribution in [3.8, 4) is 0 Å². The lowest BCUT2D eigenvalue weighted by atomic mass is 10.1. The molecule has 1 N–H and O–H groups in total. The third kappa shape index (κ3) is 5.59. The molecule has 0 bridgehead atoms. The van der Waals surface area contributed by atoms with Crippen LogP contribution in [0.4, 0.5) is 11.4 Å². The van der Waals surface area contributed by atoms with Crippen LogP contribution in [0.1, 0.15) is 31.8 Å². The zero-order valence-corrected chi connectivity index (χ0v) is 19.1. The lowest BCUT2D eigenvalue weighted by Gasteiger charge is -2.37. The molecule has 3 aromatic carbocycles. The van der Waals surface area contributed by atoms with Crippen molar-refractivity contribution in [3.63, 3.8) is 0 Å². The third-order valence-electron chi connectivity index (χ3n) is 5.94. The molecule has 33 heavy (non-hydrogen) atoms. The van der Waals surface area contributed by atoms with E-state index >= 15 is 0 Å². The molecule has 0 saturated carbocycles. The molecule has 1 saturated heterocycles. The normalized spacial score (nSPS) is 14.1. The SMILES string of the molecule is COC(=O)c1ccc(N2CCN(Cc3ccccc3)CC2)c(NC(=O)c2ccc(C)cc2)c1. The molecular formula is C27H29N3O3. The number of nitrogens with one attached hydrogen (secondary N) is 1. The highest BCUT2D eigenvalue weighted by Gasteiger charge is 2.22. The second kappa shape index (κ2) is 10.3. The lowest BCUT2D eigenvalue weighted by molar-refractivity contribution is 0.0600. The van der Waals surface area contributed by atoms with Crippen LogP contribution in [0.2, 0.25) is 0 Å². The molecule has 4 rings (SSSR count). The number of ether oxygens (including phenoxy) is 1. The Balaban J connectivity index is 1.51. The van der Waals surface area contributed by atoms with Gasteiger partial charge in [-0.05, 0) is 42.8 Å². The van der Waals surface area contributed by atoms with E-state index in [4.69, 9.17) is 4.74 Å². The fourth-order valence-electron chi connectivity index (χ4n) is 4.04. The van der Waals surface area contributed by atoms with Crippen molar-refractivity contribution in [1.29, 1.82) is 0 Å². The molecule has 1 aliphatic heterocycles. The van der Waals surface area contributed by atoms with Crippen LogP contribution in [0.15, 0.2) is 72.8 Å². The average Bonchev–Trinajstić information content (AvgIpc) is 2.85. The number of anilines is 2. The van der Waals surface area contributed by atoms with Gasteiger partial charge in [-0.1, -0.05) is 48.0 Å². The fourth-order valence-corrected chi connectivity index (χ4v) is 4.04. The number of methoxy groups -OCH3 is 1. The molecule has 0 radical (unpaired) electrons. The summed E-state index contributed by atoms with van der Waals surface area (Å²) in [5.41, 5.74) is 4.89. The first kappa shape index (κ1) is 22.6.